The Morgan fingerprint density at radius 2 is 1.61 bits per heavy atom. The molecule has 1 N–H and O–H groups in total. The summed E-state index contributed by atoms with van der Waals surface area (Å²) in [6, 6.07) is 4.06. The molecule has 0 atom stereocenters. The highest BCUT2D eigenvalue weighted by Crippen LogP contribution is 2.33. The molecule has 3 rings (SSSR count). The zero-order chi connectivity index (χ0) is 24.4. The minimum atomic E-state index is -4.82. The molecular weight excluding hydrogens is 505 g/mol. The molecule has 2 aliphatic heterocycles. The van der Waals surface area contributed by atoms with Gasteiger partial charge in [0, 0.05) is 62.5 Å². The van der Waals surface area contributed by atoms with E-state index in [1.54, 1.807) is 4.90 Å². The molecule has 33 heavy (non-hydrogen) atoms. The first-order valence-electron chi connectivity index (χ1n) is 11.0. The highest BCUT2D eigenvalue weighted by molar-refractivity contribution is 9.10. The SMILES string of the molecule is CC(C)(C)C(=O)N1CCC(N2CCN(C(=O)Nc3ccc(Br)c(OC(F)(F)F)c3)CC2)CC1. The van der Waals surface area contributed by atoms with Crippen molar-refractivity contribution in [3.63, 3.8) is 0 Å². The standard InChI is InChI=1S/C22H30BrF3N4O3/c1-21(2,3)19(31)29-8-6-16(7-9-29)28-10-12-30(13-11-28)20(32)27-15-4-5-17(23)18(14-15)33-22(24,25)26/h4-5,14,16H,6-13H2,1-3H3,(H,27,32). The van der Waals surface area contributed by atoms with Crippen LogP contribution in [0.5, 0.6) is 5.75 Å². The Labute approximate surface area is 200 Å². The maximum absolute atomic E-state index is 12.6. The number of ether oxygens (including phenoxy) is 1. The molecule has 7 nitrogen and oxygen atoms in total. The fourth-order valence-corrected chi connectivity index (χ4v) is 4.51. The van der Waals surface area contributed by atoms with E-state index in [1.807, 2.05) is 25.7 Å². The molecule has 3 amide bonds. The van der Waals surface area contributed by atoms with Gasteiger partial charge in [0.25, 0.3) is 0 Å². The first-order valence-corrected chi connectivity index (χ1v) is 11.8. The van der Waals surface area contributed by atoms with Crippen LogP contribution < -0.4 is 10.1 Å². The molecular formula is C22H30BrF3N4O3. The molecule has 2 aliphatic rings. The summed E-state index contributed by atoms with van der Waals surface area (Å²) in [4.78, 5) is 31.0. The smallest absolute Gasteiger partial charge is 0.405 e. The molecule has 11 heteroatoms. The number of benzene rings is 1. The lowest BCUT2D eigenvalue weighted by molar-refractivity contribution is -0.274. The molecule has 0 aromatic heterocycles. The van der Waals surface area contributed by atoms with Crippen molar-refractivity contribution < 1.29 is 27.5 Å². The van der Waals surface area contributed by atoms with Gasteiger partial charge in [0.05, 0.1) is 4.47 Å². The number of hydrogen-bond acceptors (Lipinski definition) is 4. The van der Waals surface area contributed by atoms with Crippen molar-refractivity contribution in [2.75, 3.05) is 44.6 Å². The molecule has 0 bridgehead atoms. The number of hydrogen-bond donors (Lipinski definition) is 1. The molecule has 1 aromatic rings. The molecule has 1 aromatic carbocycles. The van der Waals surface area contributed by atoms with Gasteiger partial charge in [0.2, 0.25) is 5.91 Å². The lowest BCUT2D eigenvalue weighted by Gasteiger charge is -2.43. The summed E-state index contributed by atoms with van der Waals surface area (Å²) < 4.78 is 41.8. The molecule has 0 radical (unpaired) electrons. The Bertz CT molecular complexity index is 859. The largest absolute Gasteiger partial charge is 0.573 e. The van der Waals surface area contributed by atoms with E-state index in [1.165, 1.54) is 12.1 Å². The number of urea groups is 1. The number of nitrogens with one attached hydrogen (secondary N) is 1. The lowest BCUT2D eigenvalue weighted by Crippen LogP contribution is -2.56. The predicted octanol–water partition coefficient (Wildman–Crippen LogP) is 4.53. The topological polar surface area (TPSA) is 65.1 Å². The number of alkyl halides is 3. The molecule has 0 aliphatic carbocycles. The summed E-state index contributed by atoms with van der Waals surface area (Å²) in [6.07, 6.45) is -3.00. The van der Waals surface area contributed by atoms with Gasteiger partial charge in [-0.25, -0.2) is 4.79 Å². The highest BCUT2D eigenvalue weighted by Gasteiger charge is 2.34. The highest BCUT2D eigenvalue weighted by atomic mass is 79.9. The van der Waals surface area contributed by atoms with Crippen molar-refractivity contribution in [2.45, 2.75) is 46.0 Å². The number of piperidine rings is 1. The van der Waals surface area contributed by atoms with Crippen molar-refractivity contribution in [1.29, 1.82) is 0 Å². The number of halogens is 4. The van der Waals surface area contributed by atoms with Crippen LogP contribution in [0.3, 0.4) is 0 Å². The summed E-state index contributed by atoms with van der Waals surface area (Å²) >= 11 is 3.02. The second-order valence-corrected chi connectivity index (χ2v) is 10.3. The molecule has 2 fully saturated rings. The Balaban J connectivity index is 1.48. The van der Waals surface area contributed by atoms with Crippen LogP contribution in [0, 0.1) is 5.41 Å². The first-order chi connectivity index (χ1) is 15.3. The number of carbonyl (C=O) groups is 2. The van der Waals surface area contributed by atoms with Crippen LogP contribution in [-0.2, 0) is 4.79 Å². The van der Waals surface area contributed by atoms with Crippen LogP contribution in [0.15, 0.2) is 22.7 Å². The number of amides is 3. The van der Waals surface area contributed by atoms with Gasteiger partial charge in [-0.2, -0.15) is 0 Å². The average Bonchev–Trinajstić information content (AvgIpc) is 2.74. The van der Waals surface area contributed by atoms with Crippen molar-refractivity contribution in [3.8, 4) is 5.75 Å². The normalized spacial score (nSPS) is 18.9. The van der Waals surface area contributed by atoms with Gasteiger partial charge in [0.15, 0.2) is 0 Å². The maximum Gasteiger partial charge on any atom is 0.573 e. The number of piperazine rings is 1. The van der Waals surface area contributed by atoms with E-state index in [9.17, 15) is 22.8 Å². The monoisotopic (exact) mass is 534 g/mol. The van der Waals surface area contributed by atoms with E-state index in [-0.39, 0.29) is 27.5 Å². The maximum atomic E-state index is 12.6. The Kier molecular flexibility index (Phi) is 7.83. The number of anilines is 1. The molecule has 0 unspecified atom stereocenters. The van der Waals surface area contributed by atoms with Gasteiger partial charge in [0.1, 0.15) is 5.75 Å². The second-order valence-electron chi connectivity index (χ2n) is 9.42. The van der Waals surface area contributed by atoms with E-state index in [0.717, 1.165) is 32.0 Å². The fourth-order valence-electron chi connectivity index (χ4n) is 4.19. The molecule has 0 saturated carbocycles. The number of likely N-dealkylation sites (tertiary alicyclic amines) is 1. The number of nitrogens with zero attached hydrogens (tertiary/aromatic N) is 3. The van der Waals surface area contributed by atoms with Gasteiger partial charge in [-0.15, -0.1) is 13.2 Å². The van der Waals surface area contributed by atoms with Crippen LogP contribution in [0.1, 0.15) is 33.6 Å². The summed E-state index contributed by atoms with van der Waals surface area (Å²) in [5, 5.41) is 2.65. The van der Waals surface area contributed by atoms with E-state index < -0.39 is 12.1 Å². The third kappa shape index (κ3) is 6.99. The van der Waals surface area contributed by atoms with Crippen LogP contribution in [0.4, 0.5) is 23.7 Å². The molecule has 2 saturated heterocycles. The third-order valence-corrected chi connectivity index (χ3v) is 6.57. The predicted molar refractivity (Wildman–Crippen MR) is 122 cm³/mol. The van der Waals surface area contributed by atoms with E-state index >= 15 is 0 Å². The van der Waals surface area contributed by atoms with Crippen molar-refractivity contribution in [3.05, 3.63) is 22.7 Å². The van der Waals surface area contributed by atoms with Gasteiger partial charge in [-0.1, -0.05) is 20.8 Å². The summed E-state index contributed by atoms with van der Waals surface area (Å²) in [7, 11) is 0. The zero-order valence-corrected chi connectivity index (χ0v) is 20.6. The Morgan fingerprint density at radius 1 is 1.00 bits per heavy atom. The summed E-state index contributed by atoms with van der Waals surface area (Å²) in [5.41, 5.74) is -0.152. The van der Waals surface area contributed by atoms with E-state index in [4.69, 9.17) is 0 Å². The van der Waals surface area contributed by atoms with Crippen LogP contribution in [-0.4, -0.2) is 78.3 Å². The third-order valence-electron chi connectivity index (χ3n) is 5.92. The van der Waals surface area contributed by atoms with Crippen LogP contribution in [0.2, 0.25) is 0 Å². The molecule has 0 spiro atoms. The van der Waals surface area contributed by atoms with Gasteiger partial charge in [-0.3, -0.25) is 9.69 Å². The van der Waals surface area contributed by atoms with Crippen LogP contribution >= 0.6 is 15.9 Å². The van der Waals surface area contributed by atoms with Crippen molar-refractivity contribution in [1.82, 2.24) is 14.7 Å². The molecule has 184 valence electrons. The average molecular weight is 535 g/mol. The van der Waals surface area contributed by atoms with E-state index in [2.05, 4.69) is 30.9 Å². The minimum Gasteiger partial charge on any atom is -0.405 e. The quantitative estimate of drug-likeness (QED) is 0.618. The summed E-state index contributed by atoms with van der Waals surface area (Å²) in [5.74, 6) is -0.236. The second kappa shape index (κ2) is 10.1. The van der Waals surface area contributed by atoms with Crippen molar-refractivity contribution in [2.24, 2.45) is 5.41 Å². The Hall–Kier alpha value is -2.01. The number of carbonyl (C=O) groups excluding carboxylic acids is 2. The summed E-state index contributed by atoms with van der Waals surface area (Å²) in [6.45, 7) is 9.77. The van der Waals surface area contributed by atoms with Crippen LogP contribution in [0.25, 0.3) is 0 Å². The van der Waals surface area contributed by atoms with E-state index in [0.29, 0.717) is 32.2 Å². The lowest BCUT2D eigenvalue weighted by atomic mass is 9.92. The van der Waals surface area contributed by atoms with Gasteiger partial charge >= 0.3 is 12.4 Å². The van der Waals surface area contributed by atoms with Gasteiger partial charge in [-0.05, 0) is 40.9 Å². The first kappa shape index (κ1) is 25.6. The molecule has 2 heterocycles. The van der Waals surface area contributed by atoms with Crippen molar-refractivity contribution >= 4 is 33.6 Å². The van der Waals surface area contributed by atoms with Gasteiger partial charge < -0.3 is 19.9 Å². The minimum absolute atomic E-state index is 0.140. The number of rotatable bonds is 3. The fraction of sp³-hybridized carbons (Fsp3) is 0.636. The Morgan fingerprint density at radius 3 is 2.15 bits per heavy atom. The zero-order valence-electron chi connectivity index (χ0n) is 19.0.